The number of nitrogens with two attached hydrogens (primary N) is 1. The molecule has 3 amide bonds. The Morgan fingerprint density at radius 3 is 2.26 bits per heavy atom. The highest BCUT2D eigenvalue weighted by molar-refractivity contribution is 5.93. The van der Waals surface area contributed by atoms with Gasteiger partial charge in [-0.2, -0.15) is 0 Å². The highest BCUT2D eigenvalue weighted by atomic mass is 16.4. The summed E-state index contributed by atoms with van der Waals surface area (Å²) in [4.78, 5) is 80.9. The van der Waals surface area contributed by atoms with E-state index in [0.717, 1.165) is 15.5 Å². The van der Waals surface area contributed by atoms with Gasteiger partial charge < -0.3 is 31.4 Å². The molecule has 7 N–H and O–H groups in total. The van der Waals surface area contributed by atoms with Gasteiger partial charge >= 0.3 is 11.7 Å². The maximum atomic E-state index is 13.6. The van der Waals surface area contributed by atoms with Crippen molar-refractivity contribution in [1.29, 1.82) is 0 Å². The van der Waals surface area contributed by atoms with Gasteiger partial charge in [0, 0.05) is 23.5 Å². The third-order valence-electron chi connectivity index (χ3n) is 6.31. The van der Waals surface area contributed by atoms with Crippen molar-refractivity contribution in [3.8, 4) is 0 Å². The smallest absolute Gasteiger partial charge is 0.329 e. The van der Waals surface area contributed by atoms with E-state index in [2.05, 4.69) is 20.6 Å². The van der Waals surface area contributed by atoms with Crippen molar-refractivity contribution in [1.82, 2.24) is 25.2 Å². The molecule has 202 valence electrons. The summed E-state index contributed by atoms with van der Waals surface area (Å²) in [5.74, 6) is -4.14. The van der Waals surface area contributed by atoms with Crippen molar-refractivity contribution >= 4 is 45.5 Å². The zero-order chi connectivity index (χ0) is 28.3. The molecule has 0 aliphatic carbocycles. The van der Waals surface area contributed by atoms with Crippen LogP contribution in [0.1, 0.15) is 24.9 Å². The fourth-order valence-corrected chi connectivity index (χ4v) is 4.34. The molecule has 0 fully saturated rings. The number of carbonyl (C=O) groups excluding carboxylic acids is 3. The van der Waals surface area contributed by atoms with Gasteiger partial charge in [-0.25, -0.2) is 14.2 Å². The second-order valence-corrected chi connectivity index (χ2v) is 9.03. The summed E-state index contributed by atoms with van der Waals surface area (Å²) in [5.41, 5.74) is 5.27. The lowest BCUT2D eigenvalue weighted by Crippen LogP contribution is -2.53. The summed E-state index contributed by atoms with van der Waals surface area (Å²) >= 11 is 0. The summed E-state index contributed by atoms with van der Waals surface area (Å²) in [5, 5.41) is 14.8. The van der Waals surface area contributed by atoms with Crippen molar-refractivity contribution in [3.05, 3.63) is 81.1 Å². The van der Waals surface area contributed by atoms with Crippen molar-refractivity contribution < 1.29 is 24.3 Å². The summed E-state index contributed by atoms with van der Waals surface area (Å²) < 4.78 is 0.803. The van der Waals surface area contributed by atoms with Gasteiger partial charge in [-0.15, -0.1) is 0 Å². The van der Waals surface area contributed by atoms with Crippen molar-refractivity contribution in [3.63, 3.8) is 0 Å². The molecule has 0 unspecified atom stereocenters. The SMILES string of the molecule is C[C@H](NC(=O)[C@H](Cc1c[nH]c2ccccc12)n1c(=O)[nH]c2ccccc2c1=O)C(=O)N[C@@H](CC(N)=O)C(=O)O. The van der Waals surface area contributed by atoms with Crippen LogP contribution in [0.3, 0.4) is 0 Å². The number of hydrogen-bond donors (Lipinski definition) is 6. The van der Waals surface area contributed by atoms with E-state index in [9.17, 15) is 33.9 Å². The van der Waals surface area contributed by atoms with E-state index in [4.69, 9.17) is 5.73 Å². The second kappa shape index (κ2) is 11.0. The lowest BCUT2D eigenvalue weighted by atomic mass is 10.0. The first-order valence-electron chi connectivity index (χ1n) is 12.0. The monoisotopic (exact) mass is 534 g/mol. The molecule has 2 heterocycles. The molecule has 0 saturated heterocycles. The number of aromatic nitrogens is 3. The molecule has 0 saturated carbocycles. The highest BCUT2D eigenvalue weighted by Gasteiger charge is 2.30. The Kier molecular flexibility index (Phi) is 7.60. The minimum atomic E-state index is -1.60. The number of amides is 3. The number of primary amides is 1. The molecule has 0 spiro atoms. The zero-order valence-corrected chi connectivity index (χ0v) is 20.8. The maximum absolute atomic E-state index is 13.6. The van der Waals surface area contributed by atoms with Crippen LogP contribution in [-0.4, -0.2) is 55.4 Å². The molecule has 0 aliphatic rings. The third kappa shape index (κ3) is 5.71. The van der Waals surface area contributed by atoms with E-state index in [1.165, 1.54) is 13.0 Å². The van der Waals surface area contributed by atoms with E-state index in [0.29, 0.717) is 11.1 Å². The molecule has 13 nitrogen and oxygen atoms in total. The normalized spacial score (nSPS) is 13.5. The molecular weight excluding hydrogens is 508 g/mol. The number of nitrogens with one attached hydrogen (secondary N) is 4. The minimum Gasteiger partial charge on any atom is -0.480 e. The number of para-hydroxylation sites is 2. The van der Waals surface area contributed by atoms with Gasteiger partial charge in [0.15, 0.2) is 0 Å². The maximum Gasteiger partial charge on any atom is 0.329 e. The van der Waals surface area contributed by atoms with Crippen LogP contribution in [0.2, 0.25) is 0 Å². The van der Waals surface area contributed by atoms with Crippen LogP contribution >= 0.6 is 0 Å². The molecule has 0 bridgehead atoms. The number of rotatable bonds is 10. The van der Waals surface area contributed by atoms with Crippen LogP contribution in [0.25, 0.3) is 21.8 Å². The van der Waals surface area contributed by atoms with Crippen molar-refractivity contribution in [2.75, 3.05) is 0 Å². The van der Waals surface area contributed by atoms with Gasteiger partial charge in [0.05, 0.1) is 17.3 Å². The van der Waals surface area contributed by atoms with Gasteiger partial charge in [-0.05, 0) is 30.7 Å². The number of carbonyl (C=O) groups is 4. The average molecular weight is 535 g/mol. The fourth-order valence-electron chi connectivity index (χ4n) is 4.34. The number of fused-ring (bicyclic) bond motifs is 2. The first-order valence-corrected chi connectivity index (χ1v) is 12.0. The summed E-state index contributed by atoms with van der Waals surface area (Å²) in [6.45, 7) is 1.30. The van der Waals surface area contributed by atoms with E-state index >= 15 is 0 Å². The van der Waals surface area contributed by atoms with Gasteiger partial charge in [0.2, 0.25) is 17.7 Å². The molecule has 39 heavy (non-hydrogen) atoms. The first-order chi connectivity index (χ1) is 18.6. The summed E-state index contributed by atoms with van der Waals surface area (Å²) in [6, 6.07) is 9.40. The zero-order valence-electron chi connectivity index (χ0n) is 20.8. The number of H-pyrrole nitrogens is 2. The Morgan fingerprint density at radius 2 is 1.59 bits per heavy atom. The van der Waals surface area contributed by atoms with Gasteiger partial charge in [0.25, 0.3) is 5.56 Å². The number of hydrogen-bond acceptors (Lipinski definition) is 6. The Balaban J connectivity index is 1.69. The molecule has 3 atom stereocenters. The van der Waals surface area contributed by atoms with E-state index < -0.39 is 59.5 Å². The third-order valence-corrected chi connectivity index (χ3v) is 6.31. The number of aromatic amines is 2. The standard InChI is InChI=1S/C26H26N6O7/c1-13(22(34)30-19(25(37)38)11-21(27)33)29-23(35)20(10-14-12-28-17-8-4-2-6-15(14)17)32-24(36)16-7-3-5-9-18(16)31-26(32)39/h2-9,12-13,19-20,28H,10-11H2,1H3,(H2,27,33)(H,29,35)(H,30,34)(H,31,39)(H,37,38)/t13-,19-,20-/m0/s1. The van der Waals surface area contributed by atoms with Crippen LogP contribution in [0, 0.1) is 0 Å². The number of aliphatic carboxylic acids is 1. The largest absolute Gasteiger partial charge is 0.480 e. The van der Waals surface area contributed by atoms with Crippen LogP contribution in [0.15, 0.2) is 64.3 Å². The summed E-state index contributed by atoms with van der Waals surface area (Å²) in [7, 11) is 0. The highest BCUT2D eigenvalue weighted by Crippen LogP contribution is 2.22. The molecule has 2 aromatic carbocycles. The molecule has 0 radical (unpaired) electrons. The van der Waals surface area contributed by atoms with Crippen LogP contribution in [0.4, 0.5) is 0 Å². The Labute approximate surface area is 220 Å². The molecule has 4 rings (SSSR count). The number of benzene rings is 2. The lowest BCUT2D eigenvalue weighted by Gasteiger charge is -2.22. The molecule has 4 aromatic rings. The topological polar surface area (TPSA) is 209 Å². The van der Waals surface area contributed by atoms with Gasteiger partial charge in [-0.3, -0.25) is 19.2 Å². The number of nitrogens with zero attached hydrogens (tertiary/aromatic N) is 1. The Bertz CT molecular complexity index is 1700. The summed E-state index contributed by atoms with van der Waals surface area (Å²) in [6.07, 6.45) is 0.945. The van der Waals surface area contributed by atoms with Crippen LogP contribution < -0.4 is 27.6 Å². The van der Waals surface area contributed by atoms with Gasteiger partial charge in [-0.1, -0.05) is 30.3 Å². The van der Waals surface area contributed by atoms with Crippen molar-refractivity contribution in [2.24, 2.45) is 5.73 Å². The first kappa shape index (κ1) is 26.9. The second-order valence-electron chi connectivity index (χ2n) is 9.03. The van der Waals surface area contributed by atoms with Gasteiger partial charge in [0.1, 0.15) is 18.1 Å². The Hall–Kier alpha value is -5.20. The number of carboxylic acids is 1. The average Bonchev–Trinajstić information content (AvgIpc) is 3.30. The van der Waals surface area contributed by atoms with E-state index in [1.54, 1.807) is 30.5 Å². The predicted molar refractivity (Wildman–Crippen MR) is 141 cm³/mol. The lowest BCUT2D eigenvalue weighted by molar-refractivity contribution is -0.143. The Morgan fingerprint density at radius 1 is 0.949 bits per heavy atom. The number of carboxylic acid groups (broad SMARTS) is 1. The minimum absolute atomic E-state index is 0.0784. The van der Waals surface area contributed by atoms with E-state index in [1.807, 2.05) is 18.2 Å². The molecule has 0 aliphatic heterocycles. The molecular formula is C26H26N6O7. The molecule has 2 aromatic heterocycles. The van der Waals surface area contributed by atoms with E-state index in [-0.39, 0.29) is 11.8 Å². The predicted octanol–water partition coefficient (Wildman–Crippen LogP) is -0.0956. The van der Waals surface area contributed by atoms with Crippen LogP contribution in [0.5, 0.6) is 0 Å². The molecule has 13 heteroatoms. The fraction of sp³-hybridized carbons (Fsp3) is 0.231. The van der Waals surface area contributed by atoms with Crippen molar-refractivity contribution in [2.45, 2.75) is 37.9 Å². The quantitative estimate of drug-likeness (QED) is 0.163. The van der Waals surface area contributed by atoms with Crippen LogP contribution in [-0.2, 0) is 25.6 Å².